The van der Waals surface area contributed by atoms with Crippen molar-refractivity contribution in [2.24, 2.45) is 5.92 Å². The summed E-state index contributed by atoms with van der Waals surface area (Å²) in [4.78, 5) is 7.39. The fourth-order valence-electron chi connectivity index (χ4n) is 10.2. The van der Waals surface area contributed by atoms with E-state index in [0.717, 1.165) is 34.9 Å². The Kier molecular flexibility index (Phi) is 7.68. The highest BCUT2D eigenvalue weighted by Crippen LogP contribution is 2.47. The number of para-hydroxylation sites is 4. The van der Waals surface area contributed by atoms with E-state index in [0.29, 0.717) is 5.92 Å². The molecule has 3 nitrogen and oxygen atoms in total. The average molecular weight is 754 g/mol. The van der Waals surface area contributed by atoms with E-state index in [-0.39, 0.29) is 6.71 Å². The molecule has 2 aliphatic heterocycles. The first-order valence-corrected chi connectivity index (χ1v) is 20.8. The Morgan fingerprint density at radius 2 is 1.07 bits per heavy atom. The first-order valence-electron chi connectivity index (χ1n) is 20.8. The lowest BCUT2D eigenvalue weighted by atomic mass is 9.33. The first kappa shape index (κ1) is 33.8. The van der Waals surface area contributed by atoms with Gasteiger partial charge < -0.3 is 14.7 Å². The van der Waals surface area contributed by atoms with Gasteiger partial charge in [0, 0.05) is 51.2 Å². The van der Waals surface area contributed by atoms with Crippen molar-refractivity contribution in [3.8, 4) is 0 Å². The Morgan fingerprint density at radius 1 is 0.458 bits per heavy atom. The van der Waals surface area contributed by atoms with Crippen molar-refractivity contribution in [2.45, 2.75) is 13.3 Å². The summed E-state index contributed by atoms with van der Waals surface area (Å²) < 4.78 is 0. The monoisotopic (exact) mass is 753 g/mol. The molecule has 2 heterocycles. The minimum atomic E-state index is 0.0427. The van der Waals surface area contributed by atoms with Crippen LogP contribution < -0.4 is 31.1 Å². The minimum Gasteiger partial charge on any atom is -0.311 e. The second kappa shape index (κ2) is 13.4. The molecule has 0 amide bonds. The van der Waals surface area contributed by atoms with Crippen LogP contribution in [0.3, 0.4) is 0 Å². The number of fused-ring (bicyclic) bond motifs is 10. The normalized spacial score (nSPS) is 14.8. The number of anilines is 9. The largest absolute Gasteiger partial charge is 0.311 e. The van der Waals surface area contributed by atoms with Gasteiger partial charge in [-0.15, -0.1) is 0 Å². The summed E-state index contributed by atoms with van der Waals surface area (Å²) in [5.41, 5.74) is 17.3. The summed E-state index contributed by atoms with van der Waals surface area (Å²) in [6.07, 6.45) is 5.77. The fourth-order valence-corrected chi connectivity index (χ4v) is 10.2. The van der Waals surface area contributed by atoms with Crippen LogP contribution in [0.15, 0.2) is 200 Å². The van der Waals surface area contributed by atoms with Gasteiger partial charge in [0.1, 0.15) is 0 Å². The fraction of sp³-hybridized carbons (Fsp3) is 0.0545. The van der Waals surface area contributed by atoms with E-state index in [1.54, 1.807) is 0 Å². The topological polar surface area (TPSA) is 9.72 Å². The molecule has 9 aromatic rings. The van der Waals surface area contributed by atoms with Crippen molar-refractivity contribution in [2.75, 3.05) is 14.7 Å². The molecular formula is C55H40BN3. The Labute approximate surface area is 345 Å². The molecule has 9 aromatic carbocycles. The van der Waals surface area contributed by atoms with Gasteiger partial charge in [-0.05, 0) is 140 Å². The van der Waals surface area contributed by atoms with E-state index in [1.165, 1.54) is 71.8 Å². The molecule has 0 saturated heterocycles. The quantitative estimate of drug-likeness (QED) is 0.128. The third-order valence-corrected chi connectivity index (χ3v) is 12.7. The molecule has 1 atom stereocenters. The van der Waals surface area contributed by atoms with Crippen molar-refractivity contribution in [3.05, 3.63) is 211 Å². The van der Waals surface area contributed by atoms with Crippen LogP contribution in [0.5, 0.6) is 0 Å². The van der Waals surface area contributed by atoms with Crippen LogP contribution >= 0.6 is 0 Å². The van der Waals surface area contributed by atoms with Gasteiger partial charge in [-0.3, -0.25) is 0 Å². The Balaban J connectivity index is 1.15. The molecule has 0 aromatic heterocycles. The number of nitrogens with zero attached hydrogens (tertiary/aromatic N) is 3. The van der Waals surface area contributed by atoms with Crippen LogP contribution in [0.1, 0.15) is 18.1 Å². The van der Waals surface area contributed by atoms with Crippen molar-refractivity contribution in [1.29, 1.82) is 0 Å². The van der Waals surface area contributed by atoms with E-state index < -0.39 is 0 Å². The maximum atomic E-state index is 2.55. The summed E-state index contributed by atoms with van der Waals surface area (Å²) in [7, 11) is 0. The van der Waals surface area contributed by atoms with Gasteiger partial charge in [0.05, 0.1) is 0 Å². The second-order valence-electron chi connectivity index (χ2n) is 16.2. The van der Waals surface area contributed by atoms with E-state index in [4.69, 9.17) is 0 Å². The van der Waals surface area contributed by atoms with Gasteiger partial charge in [0.2, 0.25) is 0 Å². The van der Waals surface area contributed by atoms with E-state index >= 15 is 0 Å². The third kappa shape index (κ3) is 5.23. The Morgan fingerprint density at radius 3 is 1.81 bits per heavy atom. The smallest absolute Gasteiger partial charge is 0.252 e. The molecule has 0 saturated carbocycles. The molecule has 0 spiro atoms. The Bertz CT molecular complexity index is 3080. The molecule has 0 fully saturated rings. The van der Waals surface area contributed by atoms with Crippen molar-refractivity contribution in [1.82, 2.24) is 0 Å². The molecule has 0 N–H and O–H groups in total. The lowest BCUT2D eigenvalue weighted by Crippen LogP contribution is -2.61. The van der Waals surface area contributed by atoms with Crippen LogP contribution in [0, 0.1) is 5.92 Å². The maximum Gasteiger partial charge on any atom is 0.252 e. The summed E-state index contributed by atoms with van der Waals surface area (Å²) in [6.45, 7) is 2.37. The van der Waals surface area contributed by atoms with Crippen LogP contribution in [-0.2, 0) is 6.42 Å². The molecule has 0 radical (unpaired) electrons. The van der Waals surface area contributed by atoms with Gasteiger partial charge in [0.25, 0.3) is 6.71 Å². The standard InChI is InChI=1S/C55H40BN3/c1-37-28-31-45-43-22-11-12-23-44(43)48-35-41(29-32-46(48)47(45)34-37)59-53-27-15-26-52-55(53)56(49-24-13-14-25-51(49)58(52)40-20-9-4-10-21-40)50-33-30-42(36-54(50)59)57(38-16-5-2-6-17-38)39-18-7-3-8-19-39/h2-33,35-37H,34H2,1H3. The number of hydrogen-bond donors (Lipinski definition) is 0. The maximum absolute atomic E-state index is 2.55. The number of allylic oxidation sites excluding steroid dienone is 1. The number of hydrogen-bond acceptors (Lipinski definition) is 3. The summed E-state index contributed by atoms with van der Waals surface area (Å²) >= 11 is 0. The first-order chi connectivity index (χ1) is 29.2. The minimum absolute atomic E-state index is 0.0427. The van der Waals surface area contributed by atoms with Crippen molar-refractivity contribution < 1.29 is 0 Å². The van der Waals surface area contributed by atoms with Gasteiger partial charge in [-0.25, -0.2) is 0 Å². The van der Waals surface area contributed by atoms with Crippen molar-refractivity contribution >= 4 is 102 Å². The van der Waals surface area contributed by atoms with Crippen LogP contribution in [0.4, 0.5) is 51.2 Å². The molecule has 1 aliphatic carbocycles. The summed E-state index contributed by atoms with van der Waals surface area (Å²) in [5, 5.41) is 5.27. The summed E-state index contributed by atoms with van der Waals surface area (Å²) in [6, 6.07) is 71.6. The molecule has 12 rings (SSSR count). The van der Waals surface area contributed by atoms with Gasteiger partial charge >= 0.3 is 0 Å². The molecule has 59 heavy (non-hydrogen) atoms. The second-order valence-corrected chi connectivity index (χ2v) is 16.2. The van der Waals surface area contributed by atoms with E-state index in [9.17, 15) is 0 Å². The molecule has 278 valence electrons. The summed E-state index contributed by atoms with van der Waals surface area (Å²) in [5.74, 6) is 0.499. The zero-order valence-electron chi connectivity index (χ0n) is 32.8. The number of benzene rings is 9. The molecule has 3 aliphatic rings. The third-order valence-electron chi connectivity index (χ3n) is 12.7. The average Bonchev–Trinajstić information content (AvgIpc) is 3.30. The molecule has 4 heteroatoms. The van der Waals surface area contributed by atoms with Crippen LogP contribution in [0.25, 0.3) is 27.6 Å². The predicted octanol–water partition coefficient (Wildman–Crippen LogP) is 12.8. The zero-order chi connectivity index (χ0) is 39.0. The zero-order valence-corrected chi connectivity index (χ0v) is 32.8. The van der Waals surface area contributed by atoms with E-state index in [1.807, 2.05) is 0 Å². The van der Waals surface area contributed by atoms with Crippen LogP contribution in [-0.4, -0.2) is 6.71 Å². The SMILES string of the molecule is CC1C=Cc2c(c3ccc(N4c5cc(N(c6ccccc6)c6ccccc6)ccc5B5c6ccccc6N(c6ccccc6)c6cccc4c65)cc3c3ccccc23)C1. The highest BCUT2D eigenvalue weighted by molar-refractivity contribution is 7.00. The highest BCUT2D eigenvalue weighted by Gasteiger charge is 2.43. The van der Waals surface area contributed by atoms with Crippen LogP contribution in [0.2, 0.25) is 0 Å². The lowest BCUT2D eigenvalue weighted by Gasteiger charge is -2.44. The molecular weight excluding hydrogens is 713 g/mol. The number of rotatable bonds is 5. The van der Waals surface area contributed by atoms with E-state index in [2.05, 4.69) is 228 Å². The van der Waals surface area contributed by atoms with Gasteiger partial charge in [-0.2, -0.15) is 0 Å². The molecule has 1 unspecified atom stereocenters. The van der Waals surface area contributed by atoms with Gasteiger partial charge in [0.15, 0.2) is 0 Å². The lowest BCUT2D eigenvalue weighted by molar-refractivity contribution is 0.722. The predicted molar refractivity (Wildman–Crippen MR) is 252 cm³/mol. The van der Waals surface area contributed by atoms with Gasteiger partial charge in [-0.1, -0.05) is 134 Å². The Hall–Kier alpha value is -7.30. The highest BCUT2D eigenvalue weighted by atomic mass is 15.2. The molecule has 0 bridgehead atoms. The van der Waals surface area contributed by atoms with Crippen molar-refractivity contribution in [3.63, 3.8) is 0 Å².